The second-order valence-corrected chi connectivity index (χ2v) is 13.6. The number of anilines is 1. The molecular formula is C35H43ClN4O4. The van der Waals surface area contributed by atoms with Crippen LogP contribution in [0.3, 0.4) is 0 Å². The lowest BCUT2D eigenvalue weighted by molar-refractivity contribution is -0.141. The Labute approximate surface area is 265 Å². The number of ether oxygens (including phenoxy) is 1. The maximum atomic E-state index is 14.3. The molecule has 0 aromatic heterocycles. The molecule has 3 fully saturated rings. The number of benzene rings is 2. The van der Waals surface area contributed by atoms with Crippen molar-refractivity contribution in [1.82, 2.24) is 15.1 Å². The molecule has 2 N–H and O–H groups in total. The number of likely N-dealkylation sites (tertiary alicyclic amines) is 1. The first kappa shape index (κ1) is 30.8. The summed E-state index contributed by atoms with van der Waals surface area (Å²) in [5.41, 5.74) is 0.598. The number of amides is 3. The van der Waals surface area contributed by atoms with Gasteiger partial charge in [-0.25, -0.2) is 0 Å². The maximum absolute atomic E-state index is 14.3. The Balaban J connectivity index is 1.23. The molecule has 4 aliphatic rings. The number of nitrogens with one attached hydrogen (secondary N) is 2. The van der Waals surface area contributed by atoms with Crippen molar-refractivity contribution in [2.75, 3.05) is 25.5 Å². The molecule has 1 spiro atoms. The van der Waals surface area contributed by atoms with E-state index < -0.39 is 29.6 Å². The summed E-state index contributed by atoms with van der Waals surface area (Å²) < 4.78 is 6.53. The van der Waals surface area contributed by atoms with Crippen molar-refractivity contribution in [2.45, 2.75) is 69.9 Å². The quantitative estimate of drug-likeness (QED) is 0.370. The first-order chi connectivity index (χ1) is 21.2. The highest BCUT2D eigenvalue weighted by molar-refractivity contribution is 6.30. The Hall–Kier alpha value is -3.20. The van der Waals surface area contributed by atoms with Gasteiger partial charge in [0.2, 0.25) is 17.7 Å². The third-order valence-corrected chi connectivity index (χ3v) is 10.5. The van der Waals surface area contributed by atoms with Gasteiger partial charge in [-0.1, -0.05) is 86.8 Å². The number of carbonyl (C=O) groups is 3. The molecule has 2 saturated heterocycles. The van der Waals surface area contributed by atoms with E-state index in [1.54, 1.807) is 29.2 Å². The van der Waals surface area contributed by atoms with Crippen LogP contribution in [0.5, 0.6) is 0 Å². The van der Waals surface area contributed by atoms with E-state index in [0.29, 0.717) is 35.5 Å². The maximum Gasteiger partial charge on any atom is 0.246 e. The largest absolute Gasteiger partial charge is 0.359 e. The van der Waals surface area contributed by atoms with Gasteiger partial charge in [-0.3, -0.25) is 14.4 Å². The Bertz CT molecular complexity index is 1420. The molecule has 3 heterocycles. The molecule has 0 radical (unpaired) electrons. The second-order valence-electron chi connectivity index (χ2n) is 13.2. The van der Waals surface area contributed by atoms with E-state index in [4.69, 9.17) is 16.3 Å². The number of fused-ring (bicyclic) bond motifs is 1. The van der Waals surface area contributed by atoms with Crippen LogP contribution in [-0.4, -0.2) is 71.4 Å². The van der Waals surface area contributed by atoms with E-state index in [1.165, 1.54) is 5.56 Å². The summed E-state index contributed by atoms with van der Waals surface area (Å²) in [4.78, 5) is 46.2. The normalized spacial score (nSPS) is 32.2. The first-order valence-corrected chi connectivity index (χ1v) is 16.3. The Morgan fingerprint density at radius 3 is 2.66 bits per heavy atom. The van der Waals surface area contributed by atoms with Crippen LogP contribution in [0.4, 0.5) is 5.69 Å². The van der Waals surface area contributed by atoms with Crippen molar-refractivity contribution in [3.63, 3.8) is 0 Å². The van der Waals surface area contributed by atoms with Gasteiger partial charge in [-0.2, -0.15) is 0 Å². The third kappa shape index (κ3) is 5.80. The lowest BCUT2D eigenvalue weighted by Gasteiger charge is -2.38. The molecule has 2 bridgehead atoms. The van der Waals surface area contributed by atoms with E-state index in [0.717, 1.165) is 32.4 Å². The fourth-order valence-electron chi connectivity index (χ4n) is 7.83. The van der Waals surface area contributed by atoms with Crippen LogP contribution in [0.2, 0.25) is 5.02 Å². The zero-order valence-corrected chi connectivity index (χ0v) is 26.5. The summed E-state index contributed by atoms with van der Waals surface area (Å²) in [6.45, 7) is 6.38. The molecule has 9 heteroatoms. The van der Waals surface area contributed by atoms with Crippen LogP contribution in [0.1, 0.15) is 45.1 Å². The fraction of sp³-hybridized carbons (Fsp3) is 0.514. The molecule has 0 unspecified atom stereocenters. The predicted octanol–water partition coefficient (Wildman–Crippen LogP) is 4.89. The van der Waals surface area contributed by atoms with E-state index in [2.05, 4.69) is 48.6 Å². The van der Waals surface area contributed by atoms with Crippen LogP contribution in [0, 0.1) is 23.7 Å². The van der Waals surface area contributed by atoms with Gasteiger partial charge in [0.15, 0.2) is 0 Å². The summed E-state index contributed by atoms with van der Waals surface area (Å²) in [6.07, 6.45) is 6.98. The van der Waals surface area contributed by atoms with Gasteiger partial charge in [-0.15, -0.1) is 0 Å². The molecule has 1 saturated carbocycles. The number of rotatable bonds is 10. The Kier molecular flexibility index (Phi) is 8.86. The summed E-state index contributed by atoms with van der Waals surface area (Å²) in [5, 5.41) is 6.78. The number of hydrogen-bond acceptors (Lipinski definition) is 5. The van der Waals surface area contributed by atoms with Gasteiger partial charge in [0, 0.05) is 29.8 Å². The zero-order chi connectivity index (χ0) is 31.0. The lowest BCUT2D eigenvalue weighted by atomic mass is 9.73. The Morgan fingerprint density at radius 1 is 1.09 bits per heavy atom. The molecule has 3 aliphatic heterocycles. The van der Waals surface area contributed by atoms with Crippen LogP contribution in [0.25, 0.3) is 0 Å². The number of nitrogens with zero attached hydrogens (tertiary/aromatic N) is 2. The van der Waals surface area contributed by atoms with Gasteiger partial charge in [0.05, 0.1) is 17.9 Å². The van der Waals surface area contributed by atoms with Gasteiger partial charge >= 0.3 is 0 Å². The SMILES string of the molecule is C[C@@H]1[C@H](C)CCC[C@@H]1NC(=O)[C@@H]1N(CCCN(C)Cc2ccccc2)C(=O)[C@@H]2[C@@H](C(=O)Nc3cccc(Cl)c3)[C@@H]3C=C[C@]21O3. The molecule has 234 valence electrons. The number of hydrogen-bond donors (Lipinski definition) is 2. The van der Waals surface area contributed by atoms with Crippen molar-refractivity contribution in [1.29, 1.82) is 0 Å². The van der Waals surface area contributed by atoms with E-state index in [-0.39, 0.29) is 23.8 Å². The molecule has 2 aromatic rings. The van der Waals surface area contributed by atoms with Crippen molar-refractivity contribution in [3.05, 3.63) is 77.3 Å². The topological polar surface area (TPSA) is 91.0 Å². The van der Waals surface area contributed by atoms with Gasteiger partial charge in [0.1, 0.15) is 11.6 Å². The molecule has 8 nitrogen and oxygen atoms in total. The van der Waals surface area contributed by atoms with E-state index in [1.807, 2.05) is 30.4 Å². The standard InChI is InChI=1S/C35H43ClN4O4/c1-22-10-7-15-27(23(22)2)38-33(42)31-35-17-16-28(44-35)29(32(41)37-26-14-8-13-25(36)20-26)30(35)34(43)40(31)19-9-18-39(3)21-24-11-5-4-6-12-24/h4-6,8,11-14,16-17,20,22-23,27-31H,7,9-10,15,18-19,21H2,1-3H3,(H,37,41)(H,38,42)/t22-,23-,27+,28+,29+,30+,31+,35+/m1/s1. The molecule has 2 aromatic carbocycles. The second kappa shape index (κ2) is 12.7. The first-order valence-electron chi connectivity index (χ1n) is 15.9. The average Bonchev–Trinajstić information content (AvgIpc) is 3.63. The molecule has 44 heavy (non-hydrogen) atoms. The van der Waals surface area contributed by atoms with E-state index in [9.17, 15) is 14.4 Å². The number of halogens is 1. The molecule has 8 atom stereocenters. The summed E-state index contributed by atoms with van der Waals surface area (Å²) >= 11 is 6.15. The molecule has 6 rings (SSSR count). The minimum absolute atomic E-state index is 0.0418. The van der Waals surface area contributed by atoms with Gasteiger partial charge < -0.3 is 25.2 Å². The molecule has 1 aliphatic carbocycles. The Morgan fingerprint density at radius 2 is 1.89 bits per heavy atom. The van der Waals surface area contributed by atoms with Crippen molar-refractivity contribution < 1.29 is 19.1 Å². The highest BCUT2D eigenvalue weighted by Gasteiger charge is 2.72. The van der Waals surface area contributed by atoms with E-state index >= 15 is 0 Å². The highest BCUT2D eigenvalue weighted by Crippen LogP contribution is 2.55. The minimum Gasteiger partial charge on any atom is -0.359 e. The number of carbonyl (C=O) groups excluding carboxylic acids is 3. The van der Waals surface area contributed by atoms with Gasteiger partial charge in [-0.05, 0) is 62.0 Å². The summed E-state index contributed by atoms with van der Waals surface area (Å²) in [7, 11) is 2.06. The fourth-order valence-corrected chi connectivity index (χ4v) is 8.02. The summed E-state index contributed by atoms with van der Waals surface area (Å²) in [5.74, 6) is -1.37. The minimum atomic E-state index is -1.18. The molecule has 3 amide bonds. The van der Waals surface area contributed by atoms with Crippen LogP contribution >= 0.6 is 11.6 Å². The van der Waals surface area contributed by atoms with Crippen molar-refractivity contribution >= 4 is 35.0 Å². The monoisotopic (exact) mass is 618 g/mol. The van der Waals surface area contributed by atoms with Crippen molar-refractivity contribution in [2.24, 2.45) is 23.7 Å². The zero-order valence-electron chi connectivity index (χ0n) is 25.7. The summed E-state index contributed by atoms with van der Waals surface area (Å²) in [6, 6.07) is 16.4. The van der Waals surface area contributed by atoms with Crippen LogP contribution < -0.4 is 10.6 Å². The smallest absolute Gasteiger partial charge is 0.246 e. The van der Waals surface area contributed by atoms with Gasteiger partial charge in [0.25, 0.3) is 0 Å². The van der Waals surface area contributed by atoms with Crippen LogP contribution in [-0.2, 0) is 25.7 Å². The average molecular weight is 619 g/mol. The highest BCUT2D eigenvalue weighted by atomic mass is 35.5. The van der Waals surface area contributed by atoms with Crippen LogP contribution in [0.15, 0.2) is 66.7 Å². The molecular weight excluding hydrogens is 576 g/mol. The van der Waals surface area contributed by atoms with Crippen molar-refractivity contribution in [3.8, 4) is 0 Å². The third-order valence-electron chi connectivity index (χ3n) is 10.3. The predicted molar refractivity (Wildman–Crippen MR) is 171 cm³/mol. The lowest BCUT2D eigenvalue weighted by Crippen LogP contribution is -2.58.